The summed E-state index contributed by atoms with van der Waals surface area (Å²) < 4.78 is 4.96. The van der Waals surface area contributed by atoms with Crippen molar-refractivity contribution in [1.29, 1.82) is 0 Å². The number of allylic oxidation sites excluding steroid dienone is 4. The van der Waals surface area contributed by atoms with Gasteiger partial charge in [-0.25, -0.2) is 0 Å². The summed E-state index contributed by atoms with van der Waals surface area (Å²) >= 11 is -3.11. The van der Waals surface area contributed by atoms with Crippen LogP contribution in [0.25, 0.3) is 16.7 Å². The molecule has 0 aromatic heterocycles. The van der Waals surface area contributed by atoms with Gasteiger partial charge in [0.25, 0.3) is 0 Å². The Morgan fingerprint density at radius 3 is 1.48 bits per heavy atom. The molecule has 0 bridgehead atoms. The molecule has 0 spiro atoms. The first-order valence-electron chi connectivity index (χ1n) is 20.9. The van der Waals surface area contributed by atoms with Crippen LogP contribution < -0.4 is 28.1 Å². The number of hydrogen-bond acceptors (Lipinski definition) is 0. The molecule has 0 nitrogen and oxygen atoms in total. The van der Waals surface area contributed by atoms with Crippen molar-refractivity contribution in [2.75, 3.05) is 0 Å². The molecule has 1 unspecified atom stereocenters. The van der Waals surface area contributed by atoms with E-state index in [0.717, 1.165) is 6.42 Å². The van der Waals surface area contributed by atoms with Crippen LogP contribution in [0.3, 0.4) is 0 Å². The van der Waals surface area contributed by atoms with Crippen molar-refractivity contribution in [1.82, 2.24) is 0 Å². The second-order valence-electron chi connectivity index (χ2n) is 20.8. The number of fused-ring (bicyclic) bond motifs is 3. The van der Waals surface area contributed by atoms with Gasteiger partial charge in [-0.3, -0.25) is 0 Å². The summed E-state index contributed by atoms with van der Waals surface area (Å²) in [6.07, 6.45) is 3.58. The maximum absolute atomic E-state index is 3.11. The molecule has 0 radical (unpaired) electrons. The van der Waals surface area contributed by atoms with Crippen molar-refractivity contribution in [3.05, 3.63) is 174 Å². The van der Waals surface area contributed by atoms with Gasteiger partial charge in [0.1, 0.15) is 0 Å². The summed E-state index contributed by atoms with van der Waals surface area (Å²) in [7, 11) is 0. The zero-order valence-corrected chi connectivity index (χ0v) is 41.5. The SMILES string of the molecule is CC1=[C]([Zr+2](=[C](c2ccc(C(C)(C)C)cc2)c2ccc(C(C)(C)C)cc2)[c]2cc(C(C)(C)C)cc3c2Cc2ccc(C(C)(C)C)cc2-3)C(C)C=C1c1ccccc1.[Cl-].[Cl-]. The van der Waals surface area contributed by atoms with Crippen LogP contribution in [0.15, 0.2) is 124 Å². The largest absolute Gasteiger partial charge is 1.00 e. The first-order valence-corrected chi connectivity index (χ1v) is 24.6. The van der Waals surface area contributed by atoms with E-state index in [9.17, 15) is 0 Å². The topological polar surface area (TPSA) is 0 Å². The second-order valence-corrected chi connectivity index (χ2v) is 26.5. The van der Waals surface area contributed by atoms with Gasteiger partial charge >= 0.3 is 350 Å². The first-order chi connectivity index (χ1) is 26.1. The Kier molecular flexibility index (Phi) is 13.3. The van der Waals surface area contributed by atoms with Gasteiger partial charge in [-0.1, -0.05) is 0 Å². The second kappa shape index (κ2) is 16.8. The van der Waals surface area contributed by atoms with Gasteiger partial charge in [0.2, 0.25) is 0 Å². The van der Waals surface area contributed by atoms with Crippen molar-refractivity contribution in [2.45, 2.75) is 125 Å². The van der Waals surface area contributed by atoms with Crippen LogP contribution in [0.5, 0.6) is 0 Å². The third-order valence-electron chi connectivity index (χ3n) is 12.4. The molecule has 0 heterocycles. The molecule has 0 N–H and O–H groups in total. The molecule has 0 fully saturated rings. The fraction of sp³-hybridized carbons (Fsp3) is 0.364. The molecule has 58 heavy (non-hydrogen) atoms. The molecule has 3 heteroatoms. The molecule has 0 amide bonds. The van der Waals surface area contributed by atoms with Crippen LogP contribution in [-0.4, -0.2) is 3.21 Å². The summed E-state index contributed by atoms with van der Waals surface area (Å²) in [5.74, 6) is 0.350. The summed E-state index contributed by atoms with van der Waals surface area (Å²) in [6.45, 7) is 33.1. The van der Waals surface area contributed by atoms with E-state index in [-0.39, 0.29) is 46.5 Å². The third kappa shape index (κ3) is 8.99. The minimum atomic E-state index is -3.11. The van der Waals surface area contributed by atoms with E-state index in [1.165, 1.54) is 66.8 Å². The van der Waals surface area contributed by atoms with Crippen molar-refractivity contribution in [3.8, 4) is 11.1 Å². The average molecular weight is 887 g/mol. The monoisotopic (exact) mass is 884 g/mol. The Morgan fingerprint density at radius 2 is 1.00 bits per heavy atom. The Hall–Kier alpha value is -3.09. The minimum absolute atomic E-state index is 0. The predicted molar refractivity (Wildman–Crippen MR) is 241 cm³/mol. The standard InChI is InChI=1S/C21H25.C21H26.C13H13.2ClH.Zr/c1-20(2,3)16-9-7-14-11-15-8-10-17(21(4,5)6)13-19(15)18(14)12-16;1-20(2,3)18-11-7-16(8-12-18)15-17-9-13-19(14-10-17)21(4,5)6;1-10-8-11(2)13(9-10)12-6-4-3-5-7-12;;;/h7,9-10,12-13H,11H2,1-6H3;7-14H,1-6H3;3-7,9-10H,1-2H3;2*1H;/q;;;;;+2/p-2. The maximum atomic E-state index is 2.70. The van der Waals surface area contributed by atoms with Crippen molar-refractivity contribution in [2.24, 2.45) is 5.92 Å². The number of benzene rings is 5. The van der Waals surface area contributed by atoms with Gasteiger partial charge < -0.3 is 24.8 Å². The predicted octanol–water partition coefficient (Wildman–Crippen LogP) is 7.98. The van der Waals surface area contributed by atoms with Crippen molar-refractivity contribution in [3.63, 3.8) is 0 Å². The van der Waals surface area contributed by atoms with Gasteiger partial charge in [-0.2, -0.15) is 0 Å². The molecule has 302 valence electrons. The zero-order chi connectivity index (χ0) is 40.5. The molecule has 7 rings (SSSR count). The fourth-order valence-electron chi connectivity index (χ4n) is 8.83. The molecular formula is C55H64Cl2Zr. The van der Waals surface area contributed by atoms with Crippen LogP contribution in [0, 0.1) is 5.92 Å². The molecule has 0 saturated heterocycles. The molecule has 2 aliphatic carbocycles. The molecule has 5 aromatic carbocycles. The quantitative estimate of drug-likeness (QED) is 0.165. The van der Waals surface area contributed by atoms with E-state index >= 15 is 0 Å². The van der Waals surface area contributed by atoms with Crippen LogP contribution in [0.2, 0.25) is 0 Å². The van der Waals surface area contributed by atoms with Gasteiger partial charge in [0, 0.05) is 0 Å². The Morgan fingerprint density at radius 1 is 0.534 bits per heavy atom. The molecule has 5 aromatic rings. The van der Waals surface area contributed by atoms with Gasteiger partial charge in [0.15, 0.2) is 0 Å². The summed E-state index contributed by atoms with van der Waals surface area (Å²) in [6, 6.07) is 43.3. The van der Waals surface area contributed by atoms with Crippen molar-refractivity contribution >= 4 is 12.1 Å². The summed E-state index contributed by atoms with van der Waals surface area (Å²) in [5, 5.41) is 0. The van der Waals surface area contributed by atoms with E-state index in [4.69, 9.17) is 0 Å². The maximum Gasteiger partial charge on any atom is -1.00 e. The Bertz CT molecular complexity index is 2340. The zero-order valence-electron chi connectivity index (χ0n) is 37.5. The van der Waals surface area contributed by atoms with E-state index in [0.29, 0.717) is 5.92 Å². The smallest absolute Gasteiger partial charge is 1.00 e. The fourth-order valence-corrected chi connectivity index (χ4v) is 17.7. The number of hydrogen-bond donors (Lipinski definition) is 0. The van der Waals surface area contributed by atoms with Gasteiger partial charge in [0.05, 0.1) is 0 Å². The van der Waals surface area contributed by atoms with E-state index < -0.39 is 21.3 Å². The van der Waals surface area contributed by atoms with Crippen LogP contribution in [0.4, 0.5) is 0 Å². The van der Waals surface area contributed by atoms with Crippen LogP contribution in [-0.2, 0) is 49.3 Å². The van der Waals surface area contributed by atoms with Crippen LogP contribution in [0.1, 0.15) is 147 Å². The Balaban J connectivity index is 0.00000320. The van der Waals surface area contributed by atoms with E-state index in [1.54, 1.807) is 15.3 Å². The number of rotatable bonds is 5. The van der Waals surface area contributed by atoms with Crippen molar-refractivity contribution < 1.29 is 46.1 Å². The van der Waals surface area contributed by atoms with E-state index in [1.807, 2.05) is 0 Å². The van der Waals surface area contributed by atoms with E-state index in [2.05, 4.69) is 212 Å². The van der Waals surface area contributed by atoms with Gasteiger partial charge in [-0.05, 0) is 0 Å². The minimum Gasteiger partial charge on any atom is -1.00 e. The summed E-state index contributed by atoms with van der Waals surface area (Å²) in [5.41, 5.74) is 18.9. The van der Waals surface area contributed by atoms with Gasteiger partial charge in [-0.15, -0.1) is 0 Å². The molecule has 2 aliphatic rings. The molecule has 1 atom stereocenters. The summed E-state index contributed by atoms with van der Waals surface area (Å²) in [4.78, 5) is 0. The average Bonchev–Trinajstić information content (AvgIpc) is 3.65. The molecule has 0 saturated carbocycles. The number of halogens is 2. The molecular weight excluding hydrogens is 823 g/mol. The third-order valence-corrected chi connectivity index (χ3v) is 20.8. The van der Waals surface area contributed by atoms with Crippen LogP contribution >= 0.6 is 0 Å². The Labute approximate surface area is 371 Å². The normalized spacial score (nSPS) is 15.1. The first kappa shape index (κ1) is 46.0. The molecule has 0 aliphatic heterocycles.